The summed E-state index contributed by atoms with van der Waals surface area (Å²) in [5, 5.41) is 0. The van der Waals surface area contributed by atoms with Gasteiger partial charge in [-0.05, 0) is 24.3 Å². The van der Waals surface area contributed by atoms with Gasteiger partial charge in [-0.25, -0.2) is 13.2 Å². The lowest BCUT2D eigenvalue weighted by Gasteiger charge is -2.33. The molecule has 3 rings (SSSR count). The molecule has 1 aliphatic rings. The number of quaternary nitrogens is 1. The molecular weight excluding hydrogens is 289 g/mol. The van der Waals surface area contributed by atoms with E-state index in [1.165, 1.54) is 24.3 Å². The lowest BCUT2D eigenvalue weighted by molar-refractivity contribution is -0.914. The molecule has 0 bridgehead atoms. The average molecular weight is 307 g/mol. The molecule has 1 fully saturated rings. The highest BCUT2D eigenvalue weighted by molar-refractivity contribution is 5.47. The molecule has 0 radical (unpaired) electrons. The number of hydrogen-bond acceptors (Lipinski definition) is 1. The fourth-order valence-electron chi connectivity index (χ4n) is 2.90. The van der Waals surface area contributed by atoms with E-state index in [0.29, 0.717) is 25.3 Å². The van der Waals surface area contributed by atoms with Gasteiger partial charge in [0.15, 0.2) is 0 Å². The molecule has 116 valence electrons. The van der Waals surface area contributed by atoms with Gasteiger partial charge in [-0.2, -0.15) is 0 Å². The van der Waals surface area contributed by atoms with Gasteiger partial charge in [0.1, 0.15) is 24.0 Å². The fraction of sp³-hybridized carbons (Fsp3) is 0.294. The largest absolute Gasteiger partial charge is 0.358 e. The molecule has 5 heteroatoms. The molecule has 1 saturated heterocycles. The van der Waals surface area contributed by atoms with E-state index in [4.69, 9.17) is 0 Å². The van der Waals surface area contributed by atoms with Crippen LogP contribution in [0.1, 0.15) is 5.56 Å². The monoisotopic (exact) mass is 307 g/mol. The first-order valence-corrected chi connectivity index (χ1v) is 7.41. The van der Waals surface area contributed by atoms with Gasteiger partial charge < -0.3 is 9.80 Å². The standard InChI is InChI=1S/C17H17F3N2/c18-14-5-3-6-15(19)13(14)12-21-8-10-22(11-9-21)17-7-2-1-4-16(17)20/h1-7H,8-12H2/p+1. The predicted molar refractivity (Wildman–Crippen MR) is 79.4 cm³/mol. The topological polar surface area (TPSA) is 7.68 Å². The van der Waals surface area contributed by atoms with E-state index >= 15 is 0 Å². The summed E-state index contributed by atoms with van der Waals surface area (Å²) in [5.41, 5.74) is 0.732. The average Bonchev–Trinajstić information content (AvgIpc) is 2.52. The normalized spacial score (nSPS) is 16.0. The van der Waals surface area contributed by atoms with Crippen molar-refractivity contribution in [3.05, 3.63) is 65.5 Å². The summed E-state index contributed by atoms with van der Waals surface area (Å²) in [6.45, 7) is 3.12. The molecule has 0 saturated carbocycles. The van der Waals surface area contributed by atoms with Crippen LogP contribution in [0.3, 0.4) is 0 Å². The molecule has 2 aromatic carbocycles. The highest BCUT2D eigenvalue weighted by Crippen LogP contribution is 2.18. The SMILES string of the molecule is Fc1ccccc1N1CC[NH+](Cc2c(F)cccc2F)CC1. The summed E-state index contributed by atoms with van der Waals surface area (Å²) in [6.07, 6.45) is 0. The van der Waals surface area contributed by atoms with Crippen LogP contribution < -0.4 is 9.80 Å². The number of halogens is 3. The fourth-order valence-corrected chi connectivity index (χ4v) is 2.90. The molecule has 0 unspecified atom stereocenters. The molecule has 22 heavy (non-hydrogen) atoms. The number of anilines is 1. The van der Waals surface area contributed by atoms with E-state index in [1.54, 1.807) is 12.1 Å². The van der Waals surface area contributed by atoms with Crippen molar-refractivity contribution in [3.8, 4) is 0 Å². The molecule has 1 aliphatic heterocycles. The summed E-state index contributed by atoms with van der Waals surface area (Å²) >= 11 is 0. The van der Waals surface area contributed by atoms with E-state index in [1.807, 2.05) is 11.0 Å². The molecule has 0 aromatic heterocycles. The second-order valence-corrected chi connectivity index (χ2v) is 5.57. The van der Waals surface area contributed by atoms with Gasteiger partial charge in [-0.15, -0.1) is 0 Å². The summed E-state index contributed by atoms with van der Waals surface area (Å²) < 4.78 is 41.1. The minimum atomic E-state index is -0.496. The Balaban J connectivity index is 1.64. The summed E-state index contributed by atoms with van der Waals surface area (Å²) in [5.74, 6) is -1.22. The minimum Gasteiger partial charge on any atom is -0.358 e. The van der Waals surface area contributed by atoms with Gasteiger partial charge in [0.2, 0.25) is 0 Å². The maximum Gasteiger partial charge on any atom is 0.146 e. The van der Waals surface area contributed by atoms with E-state index in [2.05, 4.69) is 0 Å². The number of hydrogen-bond donors (Lipinski definition) is 1. The maximum atomic E-state index is 13.8. The Bertz CT molecular complexity index is 632. The zero-order valence-corrected chi connectivity index (χ0v) is 12.2. The molecule has 0 amide bonds. The van der Waals surface area contributed by atoms with E-state index in [9.17, 15) is 13.2 Å². The highest BCUT2D eigenvalue weighted by atomic mass is 19.1. The molecule has 1 N–H and O–H groups in total. The number of nitrogens with zero attached hydrogens (tertiary/aromatic N) is 1. The molecular formula is C17H18F3N2+. The van der Waals surface area contributed by atoms with Crippen LogP contribution in [0.4, 0.5) is 18.9 Å². The van der Waals surface area contributed by atoms with Crippen molar-refractivity contribution in [2.24, 2.45) is 0 Å². The van der Waals surface area contributed by atoms with Crippen LogP contribution in [0, 0.1) is 17.5 Å². The van der Waals surface area contributed by atoms with Crippen molar-refractivity contribution in [2.45, 2.75) is 6.54 Å². The minimum absolute atomic E-state index is 0.136. The molecule has 0 aliphatic carbocycles. The van der Waals surface area contributed by atoms with Crippen LogP contribution in [0.5, 0.6) is 0 Å². The molecule has 2 aromatic rings. The van der Waals surface area contributed by atoms with Crippen LogP contribution in [0.15, 0.2) is 42.5 Å². The van der Waals surface area contributed by atoms with Gasteiger partial charge in [0.25, 0.3) is 0 Å². The molecule has 1 heterocycles. The Hall–Kier alpha value is -2.01. The Kier molecular flexibility index (Phi) is 4.34. The van der Waals surface area contributed by atoms with Gasteiger partial charge >= 0.3 is 0 Å². The Labute approximate surface area is 127 Å². The van der Waals surface area contributed by atoms with Crippen molar-refractivity contribution in [1.82, 2.24) is 0 Å². The van der Waals surface area contributed by atoms with Crippen molar-refractivity contribution in [1.29, 1.82) is 0 Å². The van der Waals surface area contributed by atoms with Crippen LogP contribution in [-0.4, -0.2) is 26.2 Å². The molecule has 0 atom stereocenters. The second-order valence-electron chi connectivity index (χ2n) is 5.57. The van der Waals surface area contributed by atoms with E-state index in [0.717, 1.165) is 18.0 Å². The second kappa shape index (κ2) is 6.40. The van der Waals surface area contributed by atoms with Crippen molar-refractivity contribution in [3.63, 3.8) is 0 Å². The van der Waals surface area contributed by atoms with Gasteiger partial charge in [-0.3, -0.25) is 0 Å². The predicted octanol–water partition coefficient (Wildman–Crippen LogP) is 2.01. The first kappa shape index (κ1) is 14.9. The van der Waals surface area contributed by atoms with Crippen molar-refractivity contribution >= 4 is 5.69 Å². The van der Waals surface area contributed by atoms with Crippen LogP contribution >= 0.6 is 0 Å². The van der Waals surface area contributed by atoms with Crippen LogP contribution in [0.2, 0.25) is 0 Å². The molecule has 2 nitrogen and oxygen atoms in total. The van der Waals surface area contributed by atoms with E-state index < -0.39 is 11.6 Å². The summed E-state index contributed by atoms with van der Waals surface area (Å²) in [4.78, 5) is 3.09. The summed E-state index contributed by atoms with van der Waals surface area (Å²) in [6, 6.07) is 10.6. The zero-order valence-electron chi connectivity index (χ0n) is 12.2. The molecule has 0 spiro atoms. The van der Waals surface area contributed by atoms with Crippen LogP contribution in [0.25, 0.3) is 0 Å². The van der Waals surface area contributed by atoms with Gasteiger partial charge in [-0.1, -0.05) is 18.2 Å². The lowest BCUT2D eigenvalue weighted by atomic mass is 10.1. The summed E-state index contributed by atoms with van der Waals surface area (Å²) in [7, 11) is 0. The first-order chi connectivity index (χ1) is 10.6. The number of rotatable bonds is 3. The number of benzene rings is 2. The number of piperazine rings is 1. The maximum absolute atomic E-state index is 13.8. The smallest absolute Gasteiger partial charge is 0.146 e. The quantitative estimate of drug-likeness (QED) is 0.911. The number of para-hydroxylation sites is 1. The highest BCUT2D eigenvalue weighted by Gasteiger charge is 2.24. The Morgan fingerprint density at radius 2 is 1.41 bits per heavy atom. The third-order valence-electron chi connectivity index (χ3n) is 4.15. The Morgan fingerprint density at radius 1 is 0.818 bits per heavy atom. The zero-order chi connectivity index (χ0) is 15.5. The van der Waals surface area contributed by atoms with E-state index in [-0.39, 0.29) is 11.4 Å². The van der Waals surface area contributed by atoms with Gasteiger partial charge in [0, 0.05) is 0 Å². The van der Waals surface area contributed by atoms with Gasteiger partial charge in [0.05, 0.1) is 37.4 Å². The first-order valence-electron chi connectivity index (χ1n) is 7.41. The Morgan fingerprint density at radius 3 is 2.05 bits per heavy atom. The third kappa shape index (κ3) is 3.09. The van der Waals surface area contributed by atoms with Crippen LogP contribution in [-0.2, 0) is 6.54 Å². The lowest BCUT2D eigenvalue weighted by Crippen LogP contribution is -3.13. The van der Waals surface area contributed by atoms with Crippen molar-refractivity contribution < 1.29 is 18.1 Å². The number of nitrogens with one attached hydrogen (secondary N) is 1. The van der Waals surface area contributed by atoms with Crippen molar-refractivity contribution in [2.75, 3.05) is 31.1 Å². The third-order valence-corrected chi connectivity index (χ3v) is 4.15.